The zero-order valence-corrected chi connectivity index (χ0v) is 31.5. The molecule has 0 spiro atoms. The largest absolute Gasteiger partial charge is 0.309 e. The predicted molar refractivity (Wildman–Crippen MR) is 240 cm³/mol. The third-order valence-electron chi connectivity index (χ3n) is 11.3. The summed E-state index contributed by atoms with van der Waals surface area (Å²) in [6, 6.07) is 69.1. The van der Waals surface area contributed by atoms with E-state index >= 15 is 0 Å². The quantitative estimate of drug-likeness (QED) is 0.176. The molecule has 0 aliphatic heterocycles. The Bertz CT molecular complexity index is 3430. The van der Waals surface area contributed by atoms with Gasteiger partial charge in [-0.1, -0.05) is 133 Å². The highest BCUT2D eigenvalue weighted by atomic mass is 32.1. The Kier molecular flexibility index (Phi) is 7.06. The Morgan fingerprint density at radius 1 is 0.368 bits per heavy atom. The van der Waals surface area contributed by atoms with Crippen molar-refractivity contribution < 1.29 is 0 Å². The molecule has 0 amide bonds. The second-order valence-electron chi connectivity index (χ2n) is 14.5. The van der Waals surface area contributed by atoms with E-state index in [1.165, 1.54) is 63.8 Å². The van der Waals surface area contributed by atoms with Crippen molar-refractivity contribution in [2.24, 2.45) is 0 Å². The van der Waals surface area contributed by atoms with Crippen molar-refractivity contribution in [1.82, 2.24) is 19.1 Å². The molecular formula is C52H32N4S. The van der Waals surface area contributed by atoms with E-state index in [0.29, 0.717) is 5.82 Å². The van der Waals surface area contributed by atoms with Crippen molar-refractivity contribution in [2.45, 2.75) is 0 Å². The van der Waals surface area contributed by atoms with Gasteiger partial charge in [0.1, 0.15) is 0 Å². The first-order valence-corrected chi connectivity index (χ1v) is 20.1. The molecule has 0 saturated carbocycles. The fourth-order valence-corrected chi connectivity index (χ4v) is 10.1. The molecular weight excluding hydrogens is 713 g/mol. The summed E-state index contributed by atoms with van der Waals surface area (Å²) in [4.78, 5) is 10.3. The monoisotopic (exact) mass is 744 g/mol. The Labute approximate surface area is 332 Å². The highest BCUT2D eigenvalue weighted by molar-refractivity contribution is 7.27. The molecule has 0 aliphatic rings. The molecule has 0 fully saturated rings. The van der Waals surface area contributed by atoms with Crippen LogP contribution in [0, 0.1) is 0 Å². The van der Waals surface area contributed by atoms with E-state index < -0.39 is 0 Å². The Morgan fingerprint density at radius 3 is 1.49 bits per heavy atom. The van der Waals surface area contributed by atoms with Crippen molar-refractivity contribution >= 4 is 75.1 Å². The minimum Gasteiger partial charge on any atom is -0.309 e. The minimum atomic E-state index is 0.699. The molecule has 12 aromatic rings. The van der Waals surface area contributed by atoms with Gasteiger partial charge in [-0.2, -0.15) is 0 Å². The summed E-state index contributed by atoms with van der Waals surface area (Å²) in [5, 5.41) is 7.65. The summed E-state index contributed by atoms with van der Waals surface area (Å²) in [5.41, 5.74) is 12.0. The molecule has 0 N–H and O–H groups in total. The van der Waals surface area contributed by atoms with E-state index in [0.717, 1.165) is 39.5 Å². The van der Waals surface area contributed by atoms with Crippen LogP contribution in [0.3, 0.4) is 0 Å². The number of hydrogen-bond acceptors (Lipinski definition) is 3. The molecule has 4 heterocycles. The van der Waals surface area contributed by atoms with Gasteiger partial charge < -0.3 is 9.13 Å². The normalized spacial score (nSPS) is 11.9. The van der Waals surface area contributed by atoms with Crippen molar-refractivity contribution in [3.05, 3.63) is 194 Å². The van der Waals surface area contributed by atoms with Crippen LogP contribution in [0.15, 0.2) is 194 Å². The zero-order valence-electron chi connectivity index (χ0n) is 30.7. The van der Waals surface area contributed by atoms with E-state index in [4.69, 9.17) is 9.97 Å². The SMILES string of the molecule is c1ccc(-c2cc(-c3ccccc3)nc(-c3ccc(-n4c5ccccc5c5c4c4sc6ccccc6c4c4c6ccccc6n(-c6ccccc6)c45)cc3)n2)cc1. The summed E-state index contributed by atoms with van der Waals surface area (Å²) >= 11 is 1.89. The van der Waals surface area contributed by atoms with E-state index in [2.05, 4.69) is 191 Å². The van der Waals surface area contributed by atoms with Gasteiger partial charge in [-0.15, -0.1) is 11.3 Å². The molecule has 0 atom stereocenters. The second-order valence-corrected chi connectivity index (χ2v) is 15.6. The molecule has 8 aromatic carbocycles. The van der Waals surface area contributed by atoms with Gasteiger partial charge in [0, 0.05) is 65.1 Å². The molecule has 0 aliphatic carbocycles. The second kappa shape index (κ2) is 12.6. The standard InChI is InChI=1S/C52H32N4S/c1-4-16-33(17-5-1)41-32-42(34-18-6-2-7-19-34)54-52(53-41)35-28-30-37(31-29-35)56-44-26-14-11-23-39(44)48-49-46(47-40-24-12-15-27-45(40)57-51(47)50(48)56)38-22-10-13-25-43(38)55(49)36-20-8-3-9-21-36/h1-32H. The minimum absolute atomic E-state index is 0.699. The maximum Gasteiger partial charge on any atom is 0.160 e. The molecule has 57 heavy (non-hydrogen) atoms. The third-order valence-corrected chi connectivity index (χ3v) is 12.5. The van der Waals surface area contributed by atoms with Crippen LogP contribution in [0.4, 0.5) is 0 Å². The van der Waals surface area contributed by atoms with Gasteiger partial charge in [-0.25, -0.2) is 9.97 Å². The van der Waals surface area contributed by atoms with Gasteiger partial charge in [-0.05, 0) is 60.7 Å². The smallest absolute Gasteiger partial charge is 0.160 e. The summed E-state index contributed by atoms with van der Waals surface area (Å²) in [5.74, 6) is 0.699. The van der Waals surface area contributed by atoms with Crippen LogP contribution in [0.2, 0.25) is 0 Å². The van der Waals surface area contributed by atoms with Crippen LogP contribution in [-0.4, -0.2) is 19.1 Å². The fourth-order valence-electron chi connectivity index (χ4n) is 8.85. The zero-order chi connectivity index (χ0) is 37.5. The first kappa shape index (κ1) is 32.0. The number of hydrogen-bond donors (Lipinski definition) is 0. The van der Waals surface area contributed by atoms with Crippen molar-refractivity contribution in [3.8, 4) is 45.3 Å². The van der Waals surface area contributed by atoms with Crippen LogP contribution < -0.4 is 0 Å². The molecule has 4 nitrogen and oxygen atoms in total. The van der Waals surface area contributed by atoms with Gasteiger partial charge in [0.15, 0.2) is 5.82 Å². The molecule has 0 radical (unpaired) electrons. The molecule has 0 saturated heterocycles. The third kappa shape index (κ3) is 4.86. The fraction of sp³-hybridized carbons (Fsp3) is 0. The number of benzene rings is 8. The number of thiophene rings is 1. The number of aromatic nitrogens is 4. The Hall–Kier alpha value is -7.34. The Balaban J connectivity index is 1.16. The number of para-hydroxylation sites is 3. The highest BCUT2D eigenvalue weighted by Gasteiger charge is 2.26. The summed E-state index contributed by atoms with van der Waals surface area (Å²) < 4.78 is 7.55. The lowest BCUT2D eigenvalue weighted by Crippen LogP contribution is -1.98. The van der Waals surface area contributed by atoms with Crippen molar-refractivity contribution in [2.75, 3.05) is 0 Å². The molecule has 266 valence electrons. The number of fused-ring (bicyclic) bond motifs is 12. The van der Waals surface area contributed by atoms with E-state index in [9.17, 15) is 0 Å². The van der Waals surface area contributed by atoms with Crippen molar-refractivity contribution in [3.63, 3.8) is 0 Å². The lowest BCUT2D eigenvalue weighted by Gasteiger charge is -2.12. The lowest BCUT2D eigenvalue weighted by atomic mass is 10.0. The first-order valence-electron chi connectivity index (χ1n) is 19.3. The number of rotatable bonds is 5. The maximum absolute atomic E-state index is 5.13. The van der Waals surface area contributed by atoms with Gasteiger partial charge in [0.05, 0.1) is 38.2 Å². The average molecular weight is 745 g/mol. The van der Waals surface area contributed by atoms with Gasteiger partial charge in [-0.3, -0.25) is 0 Å². The highest BCUT2D eigenvalue weighted by Crippen LogP contribution is 2.51. The summed E-state index contributed by atoms with van der Waals surface area (Å²) in [6.07, 6.45) is 0. The Morgan fingerprint density at radius 2 is 0.860 bits per heavy atom. The maximum atomic E-state index is 5.13. The van der Waals surface area contributed by atoms with Crippen LogP contribution in [-0.2, 0) is 0 Å². The molecule has 0 unspecified atom stereocenters. The van der Waals surface area contributed by atoms with E-state index in [1.54, 1.807) is 0 Å². The average Bonchev–Trinajstić information content (AvgIpc) is 3.95. The molecule has 12 rings (SSSR count). The van der Waals surface area contributed by atoms with E-state index in [-0.39, 0.29) is 0 Å². The first-order chi connectivity index (χ1) is 28.3. The van der Waals surface area contributed by atoms with Crippen molar-refractivity contribution in [1.29, 1.82) is 0 Å². The van der Waals surface area contributed by atoms with E-state index in [1.807, 2.05) is 23.5 Å². The van der Waals surface area contributed by atoms with Gasteiger partial charge in [0.25, 0.3) is 0 Å². The van der Waals surface area contributed by atoms with Gasteiger partial charge in [0.2, 0.25) is 0 Å². The lowest BCUT2D eigenvalue weighted by molar-refractivity contribution is 1.17. The predicted octanol–water partition coefficient (Wildman–Crippen LogP) is 14.0. The topological polar surface area (TPSA) is 35.6 Å². The van der Waals surface area contributed by atoms with Crippen LogP contribution in [0.25, 0.3) is 109 Å². The molecule has 0 bridgehead atoms. The van der Waals surface area contributed by atoms with Crippen LogP contribution >= 0.6 is 11.3 Å². The van der Waals surface area contributed by atoms with Crippen LogP contribution in [0.5, 0.6) is 0 Å². The summed E-state index contributed by atoms with van der Waals surface area (Å²) in [7, 11) is 0. The van der Waals surface area contributed by atoms with Gasteiger partial charge >= 0.3 is 0 Å². The number of nitrogens with zero attached hydrogens (tertiary/aromatic N) is 4. The molecule has 5 heteroatoms. The molecule has 4 aromatic heterocycles. The van der Waals surface area contributed by atoms with Crippen LogP contribution in [0.1, 0.15) is 0 Å². The summed E-state index contributed by atoms with van der Waals surface area (Å²) in [6.45, 7) is 0.